The van der Waals surface area contributed by atoms with E-state index in [0.717, 1.165) is 5.69 Å². The van der Waals surface area contributed by atoms with Crippen molar-refractivity contribution in [2.45, 2.75) is 32.4 Å². The summed E-state index contributed by atoms with van der Waals surface area (Å²) < 4.78 is 1.98. The van der Waals surface area contributed by atoms with E-state index >= 15 is 0 Å². The molecule has 1 aromatic heterocycles. The molecule has 13 heavy (non-hydrogen) atoms. The monoisotopic (exact) mass is 183 g/mol. The molecule has 0 aliphatic rings. The van der Waals surface area contributed by atoms with Gasteiger partial charge < -0.3 is 15.4 Å². The number of aromatic nitrogens is 2. The summed E-state index contributed by atoms with van der Waals surface area (Å²) in [6.07, 6.45) is 3.44. The summed E-state index contributed by atoms with van der Waals surface area (Å²) in [5.41, 5.74) is 6.55. The van der Waals surface area contributed by atoms with Gasteiger partial charge in [-0.3, -0.25) is 0 Å². The first-order valence-corrected chi connectivity index (χ1v) is 4.36. The van der Waals surface area contributed by atoms with Gasteiger partial charge >= 0.3 is 0 Å². The molecule has 0 saturated heterocycles. The van der Waals surface area contributed by atoms with E-state index in [4.69, 9.17) is 10.8 Å². The van der Waals surface area contributed by atoms with Gasteiger partial charge in [0.25, 0.3) is 0 Å². The van der Waals surface area contributed by atoms with Crippen LogP contribution in [0.2, 0.25) is 0 Å². The van der Waals surface area contributed by atoms with Gasteiger partial charge in [-0.1, -0.05) is 0 Å². The Morgan fingerprint density at radius 2 is 2.23 bits per heavy atom. The molecular formula is C9H17N3O. The molecule has 1 aromatic rings. The van der Waals surface area contributed by atoms with Gasteiger partial charge in [-0.2, -0.15) is 0 Å². The Kier molecular flexibility index (Phi) is 2.73. The Bertz CT molecular complexity index is 275. The molecule has 0 radical (unpaired) electrons. The summed E-state index contributed by atoms with van der Waals surface area (Å²) in [7, 11) is 0. The van der Waals surface area contributed by atoms with Gasteiger partial charge in [0.05, 0.1) is 24.7 Å². The van der Waals surface area contributed by atoms with E-state index in [1.165, 1.54) is 0 Å². The molecule has 0 saturated carbocycles. The Morgan fingerprint density at radius 3 is 2.69 bits per heavy atom. The van der Waals surface area contributed by atoms with Crippen molar-refractivity contribution in [1.82, 2.24) is 9.55 Å². The van der Waals surface area contributed by atoms with Crippen molar-refractivity contribution in [3.63, 3.8) is 0 Å². The van der Waals surface area contributed by atoms with Gasteiger partial charge in [0.15, 0.2) is 0 Å². The van der Waals surface area contributed by atoms with Gasteiger partial charge in [-0.25, -0.2) is 4.98 Å². The third-order valence-corrected chi connectivity index (χ3v) is 1.97. The maximum atomic E-state index is 8.93. The highest BCUT2D eigenvalue weighted by atomic mass is 16.3. The minimum atomic E-state index is -0.346. The van der Waals surface area contributed by atoms with E-state index < -0.39 is 0 Å². The standard InChI is InChI=1S/C9H17N3O/c1-9(2,3)12-6-11-4-8(12)7(10)5-13/h4,6-7,13H,5,10H2,1-3H3. The summed E-state index contributed by atoms with van der Waals surface area (Å²) in [5, 5.41) is 8.93. The summed E-state index contributed by atoms with van der Waals surface area (Å²) >= 11 is 0. The highest BCUT2D eigenvalue weighted by molar-refractivity contribution is 5.07. The third-order valence-electron chi connectivity index (χ3n) is 1.97. The first kappa shape index (κ1) is 10.2. The van der Waals surface area contributed by atoms with E-state index in [-0.39, 0.29) is 18.2 Å². The first-order valence-electron chi connectivity index (χ1n) is 4.36. The van der Waals surface area contributed by atoms with Crippen molar-refractivity contribution < 1.29 is 5.11 Å². The molecule has 4 nitrogen and oxygen atoms in total. The molecule has 0 amide bonds. The predicted octanol–water partition coefficient (Wildman–Crippen LogP) is 0.630. The quantitative estimate of drug-likeness (QED) is 0.707. The van der Waals surface area contributed by atoms with Crippen LogP contribution in [0.5, 0.6) is 0 Å². The molecule has 1 unspecified atom stereocenters. The summed E-state index contributed by atoms with van der Waals surface area (Å²) in [6.45, 7) is 6.16. The predicted molar refractivity (Wildman–Crippen MR) is 51.2 cm³/mol. The highest BCUT2D eigenvalue weighted by Crippen LogP contribution is 2.19. The van der Waals surface area contributed by atoms with Gasteiger partial charge in [0.2, 0.25) is 0 Å². The van der Waals surface area contributed by atoms with Crippen molar-refractivity contribution in [3.8, 4) is 0 Å². The molecule has 4 heteroatoms. The Labute approximate surface area is 78.4 Å². The summed E-state index contributed by atoms with van der Waals surface area (Å²) in [6, 6.07) is -0.346. The number of aliphatic hydroxyl groups excluding tert-OH is 1. The molecule has 1 rings (SSSR count). The lowest BCUT2D eigenvalue weighted by molar-refractivity contribution is 0.256. The second-order valence-corrected chi connectivity index (χ2v) is 4.15. The number of rotatable bonds is 2. The lowest BCUT2D eigenvalue weighted by Crippen LogP contribution is -2.27. The van der Waals surface area contributed by atoms with Crippen LogP contribution in [-0.2, 0) is 5.54 Å². The molecule has 0 spiro atoms. The number of imidazole rings is 1. The Morgan fingerprint density at radius 1 is 1.62 bits per heavy atom. The van der Waals surface area contributed by atoms with Crippen molar-refractivity contribution in [3.05, 3.63) is 18.2 Å². The summed E-state index contributed by atoms with van der Waals surface area (Å²) in [4.78, 5) is 4.03. The smallest absolute Gasteiger partial charge is 0.0953 e. The maximum Gasteiger partial charge on any atom is 0.0953 e. The van der Waals surface area contributed by atoms with E-state index in [1.807, 2.05) is 4.57 Å². The van der Waals surface area contributed by atoms with Crippen LogP contribution < -0.4 is 5.73 Å². The molecule has 0 fully saturated rings. The van der Waals surface area contributed by atoms with Crippen LogP contribution in [0.3, 0.4) is 0 Å². The molecule has 3 N–H and O–H groups in total. The number of aliphatic hydroxyl groups is 1. The van der Waals surface area contributed by atoms with Crippen LogP contribution in [0.4, 0.5) is 0 Å². The average molecular weight is 183 g/mol. The molecule has 0 aliphatic heterocycles. The van der Waals surface area contributed by atoms with Crippen LogP contribution in [0.15, 0.2) is 12.5 Å². The molecular weight excluding hydrogens is 166 g/mol. The maximum absolute atomic E-state index is 8.93. The van der Waals surface area contributed by atoms with Crippen LogP contribution in [0, 0.1) is 0 Å². The number of hydrogen-bond acceptors (Lipinski definition) is 3. The normalized spacial score (nSPS) is 14.5. The van der Waals surface area contributed by atoms with Crippen molar-refractivity contribution >= 4 is 0 Å². The zero-order valence-corrected chi connectivity index (χ0v) is 8.36. The number of nitrogens with zero attached hydrogens (tertiary/aromatic N) is 2. The van der Waals surface area contributed by atoms with Crippen molar-refractivity contribution in [2.75, 3.05) is 6.61 Å². The molecule has 1 heterocycles. The Balaban J connectivity index is 3.03. The van der Waals surface area contributed by atoms with Crippen LogP contribution in [0.1, 0.15) is 32.5 Å². The lowest BCUT2D eigenvalue weighted by Gasteiger charge is -2.25. The van der Waals surface area contributed by atoms with E-state index in [1.54, 1.807) is 12.5 Å². The lowest BCUT2D eigenvalue weighted by atomic mass is 10.1. The van der Waals surface area contributed by atoms with Gasteiger partial charge in [-0.15, -0.1) is 0 Å². The third kappa shape index (κ3) is 2.08. The molecule has 0 bridgehead atoms. The van der Waals surface area contributed by atoms with E-state index in [2.05, 4.69) is 25.8 Å². The fourth-order valence-electron chi connectivity index (χ4n) is 1.23. The van der Waals surface area contributed by atoms with Crippen molar-refractivity contribution in [1.29, 1.82) is 0 Å². The largest absolute Gasteiger partial charge is 0.394 e. The number of hydrogen-bond donors (Lipinski definition) is 2. The van der Waals surface area contributed by atoms with Crippen LogP contribution >= 0.6 is 0 Å². The zero-order chi connectivity index (χ0) is 10.1. The first-order chi connectivity index (χ1) is 5.96. The summed E-state index contributed by atoms with van der Waals surface area (Å²) in [5.74, 6) is 0. The SMILES string of the molecule is CC(C)(C)n1cncc1C(N)CO. The molecule has 74 valence electrons. The van der Waals surface area contributed by atoms with Crippen LogP contribution in [-0.4, -0.2) is 21.3 Å². The van der Waals surface area contributed by atoms with Crippen molar-refractivity contribution in [2.24, 2.45) is 5.73 Å². The average Bonchev–Trinajstić information content (AvgIpc) is 2.49. The second kappa shape index (κ2) is 3.47. The molecule has 0 aliphatic carbocycles. The Hall–Kier alpha value is -0.870. The minimum absolute atomic E-state index is 0.0430. The van der Waals surface area contributed by atoms with E-state index in [0.29, 0.717) is 0 Å². The zero-order valence-electron chi connectivity index (χ0n) is 8.36. The minimum Gasteiger partial charge on any atom is -0.394 e. The van der Waals surface area contributed by atoms with Gasteiger partial charge in [0, 0.05) is 11.7 Å². The fourth-order valence-corrected chi connectivity index (χ4v) is 1.23. The van der Waals surface area contributed by atoms with Gasteiger partial charge in [-0.05, 0) is 20.8 Å². The molecule has 0 aromatic carbocycles. The van der Waals surface area contributed by atoms with Crippen LogP contribution in [0.25, 0.3) is 0 Å². The van der Waals surface area contributed by atoms with Gasteiger partial charge in [0.1, 0.15) is 0 Å². The van der Waals surface area contributed by atoms with E-state index in [9.17, 15) is 0 Å². The number of nitrogens with two attached hydrogens (primary N) is 1. The highest BCUT2D eigenvalue weighted by Gasteiger charge is 2.19. The topological polar surface area (TPSA) is 64.1 Å². The second-order valence-electron chi connectivity index (χ2n) is 4.15. The fraction of sp³-hybridized carbons (Fsp3) is 0.667. The molecule has 1 atom stereocenters.